The van der Waals surface area contributed by atoms with Crippen LogP contribution in [0.25, 0.3) is 0 Å². The normalized spacial score (nSPS) is 10.8. The summed E-state index contributed by atoms with van der Waals surface area (Å²) in [5, 5.41) is 0. The van der Waals surface area contributed by atoms with E-state index in [0.717, 1.165) is 17.1 Å². The second kappa shape index (κ2) is 5.16. The molecular weight excluding hydrogens is 202 g/mol. The van der Waals surface area contributed by atoms with Crippen LogP contribution in [-0.2, 0) is 6.54 Å². The first kappa shape index (κ1) is 10.5. The van der Waals surface area contributed by atoms with Crippen LogP contribution in [0.5, 0.6) is 5.75 Å². The largest absolute Gasteiger partial charge is 0.497 e. The van der Waals surface area contributed by atoms with Crippen molar-refractivity contribution in [2.45, 2.75) is 6.54 Å². The van der Waals surface area contributed by atoms with Gasteiger partial charge in [-0.25, -0.2) is 0 Å². The number of ether oxygens (including phenoxy) is 1. The highest BCUT2D eigenvalue weighted by Crippen LogP contribution is 2.10. The molecule has 0 amide bonds. The Labute approximate surface area is 94.4 Å². The number of benzene rings is 1. The zero-order valence-corrected chi connectivity index (χ0v) is 9.09. The third-order valence-electron chi connectivity index (χ3n) is 2.18. The SMILES string of the molecule is COc1ccc(C=NCc2ccco2)cc1. The molecule has 0 fully saturated rings. The molecule has 2 aromatic rings. The van der Waals surface area contributed by atoms with Gasteiger partial charge in [0.2, 0.25) is 0 Å². The van der Waals surface area contributed by atoms with Crippen molar-refractivity contribution in [1.82, 2.24) is 0 Å². The Hall–Kier alpha value is -2.03. The highest BCUT2D eigenvalue weighted by atomic mass is 16.5. The van der Waals surface area contributed by atoms with Crippen LogP contribution in [0, 0.1) is 0 Å². The average Bonchev–Trinajstić information content (AvgIpc) is 2.83. The number of hydrogen-bond donors (Lipinski definition) is 0. The maximum atomic E-state index is 5.17. The van der Waals surface area contributed by atoms with E-state index in [-0.39, 0.29) is 0 Å². The summed E-state index contributed by atoms with van der Waals surface area (Å²) in [6, 6.07) is 11.5. The van der Waals surface area contributed by atoms with Gasteiger partial charge in [-0.2, -0.15) is 0 Å². The zero-order chi connectivity index (χ0) is 11.2. The van der Waals surface area contributed by atoms with E-state index < -0.39 is 0 Å². The van der Waals surface area contributed by atoms with Gasteiger partial charge in [-0.15, -0.1) is 0 Å². The van der Waals surface area contributed by atoms with Crippen molar-refractivity contribution < 1.29 is 9.15 Å². The lowest BCUT2D eigenvalue weighted by Gasteiger charge is -1.98. The Balaban J connectivity index is 1.95. The highest BCUT2D eigenvalue weighted by molar-refractivity contribution is 5.79. The Bertz CT molecular complexity index is 443. The van der Waals surface area contributed by atoms with Gasteiger partial charge in [0, 0.05) is 6.21 Å². The van der Waals surface area contributed by atoms with Crippen molar-refractivity contribution in [3.63, 3.8) is 0 Å². The molecule has 0 spiro atoms. The first-order chi connectivity index (χ1) is 7.88. The lowest BCUT2D eigenvalue weighted by Crippen LogP contribution is -1.85. The van der Waals surface area contributed by atoms with Crippen LogP contribution in [0.4, 0.5) is 0 Å². The van der Waals surface area contributed by atoms with Gasteiger partial charge >= 0.3 is 0 Å². The van der Waals surface area contributed by atoms with Gasteiger partial charge < -0.3 is 9.15 Å². The van der Waals surface area contributed by atoms with Crippen LogP contribution in [0.2, 0.25) is 0 Å². The minimum Gasteiger partial charge on any atom is -0.497 e. The summed E-state index contributed by atoms with van der Waals surface area (Å²) in [5.41, 5.74) is 1.05. The van der Waals surface area contributed by atoms with Gasteiger partial charge in [-0.3, -0.25) is 4.99 Å². The Morgan fingerprint density at radius 1 is 1.25 bits per heavy atom. The summed E-state index contributed by atoms with van der Waals surface area (Å²) < 4.78 is 10.2. The second-order valence-corrected chi connectivity index (χ2v) is 3.32. The van der Waals surface area contributed by atoms with E-state index >= 15 is 0 Å². The maximum Gasteiger partial charge on any atom is 0.125 e. The van der Waals surface area contributed by atoms with Gasteiger partial charge in [-0.05, 0) is 42.0 Å². The van der Waals surface area contributed by atoms with Crippen molar-refractivity contribution in [3.8, 4) is 5.75 Å². The van der Waals surface area contributed by atoms with E-state index in [1.165, 1.54) is 0 Å². The van der Waals surface area contributed by atoms with E-state index in [0.29, 0.717) is 6.54 Å². The molecule has 3 heteroatoms. The lowest BCUT2D eigenvalue weighted by atomic mass is 10.2. The smallest absolute Gasteiger partial charge is 0.125 e. The summed E-state index contributed by atoms with van der Waals surface area (Å²) in [6.45, 7) is 0.568. The van der Waals surface area contributed by atoms with Crippen molar-refractivity contribution >= 4 is 6.21 Å². The summed E-state index contributed by atoms with van der Waals surface area (Å²) in [6.07, 6.45) is 3.47. The number of methoxy groups -OCH3 is 1. The highest BCUT2D eigenvalue weighted by Gasteiger charge is 1.92. The predicted molar refractivity (Wildman–Crippen MR) is 63.0 cm³/mol. The van der Waals surface area contributed by atoms with Gasteiger partial charge in [0.25, 0.3) is 0 Å². The molecule has 0 N–H and O–H groups in total. The summed E-state index contributed by atoms with van der Waals surface area (Å²) in [4.78, 5) is 4.28. The number of aliphatic imine (C=N–C) groups is 1. The Morgan fingerprint density at radius 3 is 2.69 bits per heavy atom. The van der Waals surface area contributed by atoms with E-state index in [1.54, 1.807) is 13.4 Å². The molecule has 1 aromatic heterocycles. The number of nitrogens with zero attached hydrogens (tertiary/aromatic N) is 1. The molecule has 0 saturated carbocycles. The minimum absolute atomic E-state index is 0.568. The molecule has 0 atom stereocenters. The molecule has 0 aliphatic heterocycles. The fourth-order valence-electron chi connectivity index (χ4n) is 1.33. The molecule has 1 heterocycles. The molecule has 0 radical (unpaired) electrons. The topological polar surface area (TPSA) is 34.7 Å². The van der Waals surface area contributed by atoms with Gasteiger partial charge in [-0.1, -0.05) is 0 Å². The third kappa shape index (κ3) is 2.73. The minimum atomic E-state index is 0.568. The summed E-state index contributed by atoms with van der Waals surface area (Å²) >= 11 is 0. The van der Waals surface area contributed by atoms with Crippen LogP contribution in [-0.4, -0.2) is 13.3 Å². The van der Waals surface area contributed by atoms with Crippen molar-refractivity contribution in [2.24, 2.45) is 4.99 Å². The predicted octanol–water partition coefficient (Wildman–Crippen LogP) is 2.91. The quantitative estimate of drug-likeness (QED) is 0.735. The van der Waals surface area contributed by atoms with Crippen LogP contribution in [0.15, 0.2) is 52.1 Å². The van der Waals surface area contributed by atoms with E-state index in [1.807, 2.05) is 42.6 Å². The molecule has 0 unspecified atom stereocenters. The lowest BCUT2D eigenvalue weighted by molar-refractivity contribution is 0.415. The standard InChI is InChI=1S/C13H13NO2/c1-15-12-6-4-11(5-7-12)9-14-10-13-3-2-8-16-13/h2-9H,10H2,1H3. The molecule has 0 aliphatic carbocycles. The van der Waals surface area contributed by atoms with Crippen molar-refractivity contribution in [2.75, 3.05) is 7.11 Å². The van der Waals surface area contributed by atoms with Gasteiger partial charge in [0.1, 0.15) is 11.5 Å². The number of hydrogen-bond acceptors (Lipinski definition) is 3. The van der Waals surface area contributed by atoms with E-state index in [4.69, 9.17) is 9.15 Å². The second-order valence-electron chi connectivity index (χ2n) is 3.32. The molecule has 0 bridgehead atoms. The molecule has 82 valence electrons. The van der Waals surface area contributed by atoms with Crippen LogP contribution < -0.4 is 4.74 Å². The van der Waals surface area contributed by atoms with Crippen molar-refractivity contribution in [3.05, 3.63) is 54.0 Å². The van der Waals surface area contributed by atoms with Crippen LogP contribution in [0.1, 0.15) is 11.3 Å². The van der Waals surface area contributed by atoms with Crippen LogP contribution >= 0.6 is 0 Å². The first-order valence-electron chi connectivity index (χ1n) is 5.05. The molecule has 1 aromatic carbocycles. The molecule has 2 rings (SSSR count). The zero-order valence-electron chi connectivity index (χ0n) is 9.09. The maximum absolute atomic E-state index is 5.17. The molecule has 0 saturated heterocycles. The monoisotopic (exact) mass is 215 g/mol. The Kier molecular flexibility index (Phi) is 3.38. The molecule has 16 heavy (non-hydrogen) atoms. The van der Waals surface area contributed by atoms with E-state index in [2.05, 4.69) is 4.99 Å². The summed E-state index contributed by atoms with van der Waals surface area (Å²) in [7, 11) is 1.65. The van der Waals surface area contributed by atoms with Gasteiger partial charge in [0.05, 0.1) is 19.9 Å². The molecular formula is C13H13NO2. The number of rotatable bonds is 4. The number of furan rings is 1. The Morgan fingerprint density at radius 2 is 2.06 bits per heavy atom. The van der Waals surface area contributed by atoms with Crippen LogP contribution in [0.3, 0.4) is 0 Å². The molecule has 0 aliphatic rings. The third-order valence-corrected chi connectivity index (χ3v) is 2.18. The average molecular weight is 215 g/mol. The fraction of sp³-hybridized carbons (Fsp3) is 0.154. The summed E-state index contributed by atoms with van der Waals surface area (Å²) in [5.74, 6) is 1.72. The van der Waals surface area contributed by atoms with E-state index in [9.17, 15) is 0 Å². The first-order valence-corrected chi connectivity index (χ1v) is 5.05. The fourth-order valence-corrected chi connectivity index (χ4v) is 1.33. The molecule has 3 nitrogen and oxygen atoms in total. The van der Waals surface area contributed by atoms with Crippen molar-refractivity contribution in [1.29, 1.82) is 0 Å². The van der Waals surface area contributed by atoms with Gasteiger partial charge in [0.15, 0.2) is 0 Å².